The number of carbonyl (C=O) groups excluding carboxylic acids is 1. The Labute approximate surface area is 120 Å². The molecular formula is C16H13F2NO2. The van der Waals surface area contributed by atoms with E-state index in [-0.39, 0.29) is 11.3 Å². The third kappa shape index (κ3) is 2.46. The summed E-state index contributed by atoms with van der Waals surface area (Å²) in [6.45, 7) is 0.663. The topological polar surface area (TPSA) is 52.3 Å². The number of halogens is 2. The van der Waals surface area contributed by atoms with Crippen LogP contribution in [0, 0.1) is 11.6 Å². The summed E-state index contributed by atoms with van der Waals surface area (Å²) in [7, 11) is 0. The zero-order chi connectivity index (χ0) is 15.0. The Morgan fingerprint density at radius 3 is 2.71 bits per heavy atom. The van der Waals surface area contributed by atoms with E-state index in [4.69, 9.17) is 10.5 Å². The van der Waals surface area contributed by atoms with Gasteiger partial charge in [-0.05, 0) is 42.7 Å². The first-order chi connectivity index (χ1) is 10.1. The number of nitrogens with two attached hydrogens (primary N) is 1. The fourth-order valence-corrected chi connectivity index (χ4v) is 2.42. The van der Waals surface area contributed by atoms with Gasteiger partial charge >= 0.3 is 0 Å². The Hall–Kier alpha value is -2.43. The molecule has 5 heteroatoms. The number of benzene rings is 2. The fraction of sp³-hybridized carbons (Fsp3) is 0.188. The lowest BCUT2D eigenvalue weighted by atomic mass is 9.97. The molecule has 1 aliphatic rings. The van der Waals surface area contributed by atoms with Crippen LogP contribution in [0.25, 0.3) is 0 Å². The average Bonchev–Trinajstić information content (AvgIpc) is 2.50. The highest BCUT2D eigenvalue weighted by Gasteiger charge is 2.18. The molecule has 0 amide bonds. The summed E-state index contributed by atoms with van der Waals surface area (Å²) >= 11 is 0. The fourth-order valence-electron chi connectivity index (χ4n) is 2.42. The van der Waals surface area contributed by atoms with Gasteiger partial charge in [-0.3, -0.25) is 4.79 Å². The molecule has 21 heavy (non-hydrogen) atoms. The first-order valence-corrected chi connectivity index (χ1v) is 6.61. The molecule has 0 saturated heterocycles. The highest BCUT2D eigenvalue weighted by molar-refractivity contribution is 6.12. The minimum atomic E-state index is -1.09. The highest BCUT2D eigenvalue weighted by atomic mass is 19.2. The van der Waals surface area contributed by atoms with E-state index in [1.54, 1.807) is 18.2 Å². The molecule has 2 aromatic carbocycles. The SMILES string of the molecule is Nc1cc(F)c(F)cc1C(=O)c1ccc2c(c1)CCCO2. The van der Waals surface area contributed by atoms with Crippen molar-refractivity contribution in [2.24, 2.45) is 0 Å². The predicted molar refractivity (Wildman–Crippen MR) is 74.5 cm³/mol. The average molecular weight is 289 g/mol. The number of fused-ring (bicyclic) bond motifs is 1. The van der Waals surface area contributed by atoms with Gasteiger partial charge in [0.2, 0.25) is 0 Å². The lowest BCUT2D eigenvalue weighted by molar-refractivity contribution is 0.103. The van der Waals surface area contributed by atoms with Gasteiger partial charge in [-0.1, -0.05) is 0 Å². The van der Waals surface area contributed by atoms with Gasteiger partial charge < -0.3 is 10.5 Å². The van der Waals surface area contributed by atoms with Crippen LogP contribution in [0.15, 0.2) is 30.3 Å². The first kappa shape index (κ1) is 13.5. The van der Waals surface area contributed by atoms with Gasteiger partial charge in [-0.25, -0.2) is 8.78 Å². The van der Waals surface area contributed by atoms with Crippen molar-refractivity contribution in [2.45, 2.75) is 12.8 Å². The largest absolute Gasteiger partial charge is 0.493 e. The summed E-state index contributed by atoms with van der Waals surface area (Å²) in [5.41, 5.74) is 6.83. The molecule has 0 aliphatic carbocycles. The van der Waals surface area contributed by atoms with Crippen LogP contribution < -0.4 is 10.5 Å². The number of ketones is 1. The first-order valence-electron chi connectivity index (χ1n) is 6.61. The molecule has 1 heterocycles. The van der Waals surface area contributed by atoms with Crippen LogP contribution in [0.4, 0.5) is 14.5 Å². The van der Waals surface area contributed by atoms with Crippen LogP contribution in [0.1, 0.15) is 27.9 Å². The number of rotatable bonds is 2. The number of nitrogen functional groups attached to an aromatic ring is 1. The van der Waals surface area contributed by atoms with Gasteiger partial charge in [-0.2, -0.15) is 0 Å². The minimum Gasteiger partial charge on any atom is -0.493 e. The molecule has 0 radical (unpaired) electrons. The van der Waals surface area contributed by atoms with Gasteiger partial charge in [0.25, 0.3) is 0 Å². The zero-order valence-corrected chi connectivity index (χ0v) is 11.2. The maximum Gasteiger partial charge on any atom is 0.195 e. The van der Waals surface area contributed by atoms with Crippen molar-refractivity contribution >= 4 is 11.5 Å². The van der Waals surface area contributed by atoms with Crippen LogP contribution >= 0.6 is 0 Å². The number of hydrogen-bond acceptors (Lipinski definition) is 3. The lowest BCUT2D eigenvalue weighted by Gasteiger charge is -2.17. The monoisotopic (exact) mass is 289 g/mol. The number of anilines is 1. The second-order valence-electron chi connectivity index (χ2n) is 4.96. The summed E-state index contributed by atoms with van der Waals surface area (Å²) in [6, 6.07) is 6.70. The van der Waals surface area contributed by atoms with Crippen LogP contribution in [-0.4, -0.2) is 12.4 Å². The molecular weight excluding hydrogens is 276 g/mol. The smallest absolute Gasteiger partial charge is 0.195 e. The normalized spacial score (nSPS) is 13.4. The maximum atomic E-state index is 13.3. The van der Waals surface area contributed by atoms with Gasteiger partial charge in [0.05, 0.1) is 6.61 Å². The Morgan fingerprint density at radius 1 is 1.14 bits per heavy atom. The number of hydrogen-bond donors (Lipinski definition) is 1. The van der Waals surface area contributed by atoms with E-state index in [0.717, 1.165) is 36.3 Å². The van der Waals surface area contributed by atoms with Gasteiger partial charge in [0.1, 0.15) is 5.75 Å². The molecule has 0 unspecified atom stereocenters. The molecule has 108 valence electrons. The Balaban J connectivity index is 2.01. The molecule has 3 nitrogen and oxygen atoms in total. The summed E-state index contributed by atoms with van der Waals surface area (Å²) in [5, 5.41) is 0. The van der Waals surface area contributed by atoms with Crippen molar-refractivity contribution in [1.29, 1.82) is 0 Å². The number of aryl methyl sites for hydroxylation is 1. The van der Waals surface area contributed by atoms with Crippen LogP contribution in [0.2, 0.25) is 0 Å². The summed E-state index contributed by atoms with van der Waals surface area (Å²) in [5.74, 6) is -1.83. The Bertz CT molecular complexity index is 728. The van der Waals surface area contributed by atoms with Crippen molar-refractivity contribution in [3.8, 4) is 5.75 Å². The van der Waals surface area contributed by atoms with Crippen molar-refractivity contribution in [2.75, 3.05) is 12.3 Å². The van der Waals surface area contributed by atoms with E-state index < -0.39 is 17.4 Å². The summed E-state index contributed by atoms with van der Waals surface area (Å²) in [6.07, 6.45) is 1.71. The standard InChI is InChI=1S/C16H13F2NO2/c17-12-7-11(14(19)8-13(12)18)16(20)10-3-4-15-9(6-10)2-1-5-21-15/h3-4,6-8H,1-2,5,19H2. The molecule has 2 aromatic rings. The molecule has 2 N–H and O–H groups in total. The van der Waals surface area contributed by atoms with Crippen LogP contribution in [0.5, 0.6) is 5.75 Å². The lowest BCUT2D eigenvalue weighted by Crippen LogP contribution is -2.11. The molecule has 0 aromatic heterocycles. The number of ether oxygens (including phenoxy) is 1. The second kappa shape index (κ2) is 5.16. The zero-order valence-electron chi connectivity index (χ0n) is 11.2. The third-order valence-electron chi connectivity index (χ3n) is 3.51. The van der Waals surface area contributed by atoms with E-state index in [1.165, 1.54) is 0 Å². The second-order valence-corrected chi connectivity index (χ2v) is 4.96. The van der Waals surface area contributed by atoms with E-state index in [2.05, 4.69) is 0 Å². The summed E-state index contributed by atoms with van der Waals surface area (Å²) < 4.78 is 31.9. The molecule has 0 saturated carbocycles. The molecule has 0 fully saturated rings. The van der Waals surface area contributed by atoms with Crippen molar-refractivity contribution < 1.29 is 18.3 Å². The molecule has 0 bridgehead atoms. The summed E-state index contributed by atoms with van der Waals surface area (Å²) in [4.78, 5) is 12.4. The van der Waals surface area contributed by atoms with Crippen molar-refractivity contribution in [3.05, 3.63) is 58.7 Å². The molecule has 0 atom stereocenters. The minimum absolute atomic E-state index is 0.0365. The Kier molecular flexibility index (Phi) is 3.33. The van der Waals surface area contributed by atoms with Gasteiger partial charge in [0, 0.05) is 22.9 Å². The highest BCUT2D eigenvalue weighted by Crippen LogP contribution is 2.27. The van der Waals surface area contributed by atoms with Crippen LogP contribution in [-0.2, 0) is 6.42 Å². The third-order valence-corrected chi connectivity index (χ3v) is 3.51. The van der Waals surface area contributed by atoms with E-state index >= 15 is 0 Å². The van der Waals surface area contributed by atoms with Crippen molar-refractivity contribution in [1.82, 2.24) is 0 Å². The van der Waals surface area contributed by atoms with E-state index in [9.17, 15) is 13.6 Å². The van der Waals surface area contributed by atoms with Crippen molar-refractivity contribution in [3.63, 3.8) is 0 Å². The van der Waals surface area contributed by atoms with Gasteiger partial charge in [0.15, 0.2) is 17.4 Å². The number of carbonyl (C=O) groups is 1. The quantitative estimate of drug-likeness (QED) is 0.682. The van der Waals surface area contributed by atoms with E-state index in [0.29, 0.717) is 12.2 Å². The van der Waals surface area contributed by atoms with Gasteiger partial charge in [-0.15, -0.1) is 0 Å². The van der Waals surface area contributed by atoms with E-state index in [1.807, 2.05) is 0 Å². The Morgan fingerprint density at radius 2 is 1.90 bits per heavy atom. The molecule has 0 spiro atoms. The maximum absolute atomic E-state index is 13.3. The predicted octanol–water partition coefficient (Wildman–Crippen LogP) is 3.10. The van der Waals surface area contributed by atoms with Crippen LogP contribution in [0.3, 0.4) is 0 Å². The molecule has 1 aliphatic heterocycles. The molecule has 3 rings (SSSR count).